The molecule has 0 saturated carbocycles. The van der Waals surface area contributed by atoms with Crippen molar-refractivity contribution in [2.75, 3.05) is 5.75 Å². The monoisotopic (exact) mass is 310 g/mol. The van der Waals surface area contributed by atoms with Crippen LogP contribution in [-0.4, -0.2) is 20.1 Å². The molecule has 116 valence electrons. The topological polar surface area (TPSA) is 60.4 Å². The Morgan fingerprint density at radius 3 is 2.48 bits per heavy atom. The Labute approximate surface area is 126 Å². The van der Waals surface area contributed by atoms with Crippen LogP contribution in [0.3, 0.4) is 0 Å². The molecule has 1 heterocycles. The van der Waals surface area contributed by atoms with Crippen molar-refractivity contribution in [1.82, 2.24) is 0 Å². The molecule has 1 aliphatic heterocycles. The molecule has 0 saturated heterocycles. The molecule has 4 nitrogen and oxygen atoms in total. The van der Waals surface area contributed by atoms with E-state index in [1.807, 2.05) is 13.8 Å². The second-order valence-electron chi connectivity index (χ2n) is 6.62. The van der Waals surface area contributed by atoms with Gasteiger partial charge in [0, 0.05) is 6.92 Å². The average molecular weight is 310 g/mol. The van der Waals surface area contributed by atoms with E-state index >= 15 is 0 Å². The Balaban J connectivity index is 2.63. The van der Waals surface area contributed by atoms with Crippen LogP contribution in [0, 0.1) is 11.3 Å². The minimum absolute atomic E-state index is 0.0992. The lowest BCUT2D eigenvalue weighted by Gasteiger charge is -2.32. The van der Waals surface area contributed by atoms with E-state index in [9.17, 15) is 13.2 Å². The average Bonchev–Trinajstić information content (AvgIpc) is 2.38. The molecule has 5 heteroatoms. The van der Waals surface area contributed by atoms with Gasteiger partial charge in [0.1, 0.15) is 5.75 Å². The summed E-state index contributed by atoms with van der Waals surface area (Å²) >= 11 is 0. The van der Waals surface area contributed by atoms with Crippen LogP contribution < -0.4 is 4.74 Å². The minimum Gasteiger partial charge on any atom is -0.427 e. The van der Waals surface area contributed by atoms with Crippen LogP contribution in [0.15, 0.2) is 23.1 Å². The predicted octanol–water partition coefficient (Wildman–Crippen LogP) is 3.17. The Bertz CT molecular complexity index is 674. The van der Waals surface area contributed by atoms with E-state index in [0.29, 0.717) is 4.90 Å². The number of carbonyl (C=O) groups excluding carboxylic acids is 1. The second-order valence-corrected chi connectivity index (χ2v) is 8.58. The molecule has 1 aromatic rings. The van der Waals surface area contributed by atoms with E-state index in [1.165, 1.54) is 13.0 Å². The molecule has 2 atom stereocenters. The first-order valence-corrected chi connectivity index (χ1v) is 8.75. The third kappa shape index (κ3) is 2.98. The molecule has 21 heavy (non-hydrogen) atoms. The van der Waals surface area contributed by atoms with Crippen LogP contribution in [0.1, 0.15) is 46.1 Å². The van der Waals surface area contributed by atoms with Crippen molar-refractivity contribution in [1.29, 1.82) is 0 Å². The molecular weight excluding hydrogens is 288 g/mol. The normalized spacial score (nSPS) is 26.5. The Kier molecular flexibility index (Phi) is 3.91. The van der Waals surface area contributed by atoms with E-state index in [-0.39, 0.29) is 28.8 Å². The third-order valence-electron chi connectivity index (χ3n) is 4.62. The molecule has 0 N–H and O–H groups in total. The number of benzene rings is 1. The lowest BCUT2D eigenvalue weighted by atomic mass is 9.73. The number of hydrogen-bond donors (Lipinski definition) is 0. The summed E-state index contributed by atoms with van der Waals surface area (Å²) in [4.78, 5) is 11.4. The van der Waals surface area contributed by atoms with Gasteiger partial charge in [0.15, 0.2) is 9.84 Å². The van der Waals surface area contributed by atoms with Gasteiger partial charge in [0.2, 0.25) is 0 Å². The van der Waals surface area contributed by atoms with Crippen molar-refractivity contribution < 1.29 is 17.9 Å². The SMILES string of the molecule is CC(=O)Oc1ccc2c(c1)S(=O)(=O)CC(C)(C)[C@H](C)[C@@H]2C. The van der Waals surface area contributed by atoms with Gasteiger partial charge in [0.05, 0.1) is 10.6 Å². The zero-order chi connectivity index (χ0) is 16.0. The zero-order valence-electron chi connectivity index (χ0n) is 13.1. The van der Waals surface area contributed by atoms with Crippen molar-refractivity contribution in [2.45, 2.75) is 45.4 Å². The van der Waals surface area contributed by atoms with Crippen LogP contribution in [0.5, 0.6) is 5.75 Å². The molecule has 0 spiro atoms. The van der Waals surface area contributed by atoms with E-state index < -0.39 is 15.8 Å². The summed E-state index contributed by atoms with van der Waals surface area (Å²) in [6.45, 7) is 9.43. The molecule has 1 aromatic carbocycles. The van der Waals surface area contributed by atoms with Crippen LogP contribution in [-0.2, 0) is 14.6 Å². The highest BCUT2D eigenvalue weighted by molar-refractivity contribution is 7.91. The number of esters is 1. The number of sulfone groups is 1. The third-order valence-corrected chi connectivity index (χ3v) is 6.76. The van der Waals surface area contributed by atoms with Crippen LogP contribution in [0.2, 0.25) is 0 Å². The fourth-order valence-electron chi connectivity index (χ4n) is 3.03. The lowest BCUT2D eigenvalue weighted by Crippen LogP contribution is -2.30. The first-order valence-electron chi connectivity index (χ1n) is 7.10. The van der Waals surface area contributed by atoms with Gasteiger partial charge in [-0.3, -0.25) is 4.79 Å². The van der Waals surface area contributed by atoms with E-state index in [1.54, 1.807) is 12.1 Å². The Morgan fingerprint density at radius 1 is 1.29 bits per heavy atom. The maximum Gasteiger partial charge on any atom is 0.308 e. The highest BCUT2D eigenvalue weighted by atomic mass is 32.2. The minimum atomic E-state index is -3.40. The van der Waals surface area contributed by atoms with E-state index in [4.69, 9.17) is 4.74 Å². The molecule has 0 amide bonds. The summed E-state index contributed by atoms with van der Waals surface area (Å²) in [6.07, 6.45) is 0. The number of carbonyl (C=O) groups is 1. The van der Waals surface area contributed by atoms with Gasteiger partial charge in [-0.1, -0.05) is 33.8 Å². The molecule has 2 rings (SSSR count). The van der Waals surface area contributed by atoms with Gasteiger partial charge in [-0.15, -0.1) is 0 Å². The summed E-state index contributed by atoms with van der Waals surface area (Å²) in [5.41, 5.74) is 0.503. The van der Waals surface area contributed by atoms with Gasteiger partial charge >= 0.3 is 5.97 Å². The van der Waals surface area contributed by atoms with Gasteiger partial charge in [-0.25, -0.2) is 8.42 Å². The molecular formula is C16H22O4S. The van der Waals surface area contributed by atoms with E-state index in [2.05, 4.69) is 13.8 Å². The first kappa shape index (κ1) is 16.0. The van der Waals surface area contributed by atoms with Gasteiger partial charge < -0.3 is 4.74 Å². The van der Waals surface area contributed by atoms with Gasteiger partial charge in [-0.05, 0) is 34.9 Å². The first-order chi connectivity index (χ1) is 9.54. The van der Waals surface area contributed by atoms with Crippen molar-refractivity contribution in [3.8, 4) is 5.75 Å². The number of rotatable bonds is 1. The lowest BCUT2D eigenvalue weighted by molar-refractivity contribution is -0.131. The van der Waals surface area contributed by atoms with E-state index in [0.717, 1.165) is 5.56 Å². The summed E-state index contributed by atoms with van der Waals surface area (Å²) < 4.78 is 30.4. The quantitative estimate of drug-likeness (QED) is 0.590. The Hall–Kier alpha value is -1.36. The molecule has 0 bridgehead atoms. The fraction of sp³-hybridized carbons (Fsp3) is 0.562. The molecule has 0 fully saturated rings. The molecule has 0 radical (unpaired) electrons. The second kappa shape index (κ2) is 5.13. The molecule has 0 aliphatic carbocycles. The number of hydrogen-bond acceptors (Lipinski definition) is 4. The van der Waals surface area contributed by atoms with Crippen LogP contribution >= 0.6 is 0 Å². The van der Waals surface area contributed by atoms with Crippen molar-refractivity contribution in [2.24, 2.45) is 11.3 Å². The van der Waals surface area contributed by atoms with Crippen LogP contribution in [0.4, 0.5) is 0 Å². The maximum absolute atomic E-state index is 12.7. The summed E-state index contributed by atoms with van der Waals surface area (Å²) in [5, 5.41) is 0. The van der Waals surface area contributed by atoms with Gasteiger partial charge in [-0.2, -0.15) is 0 Å². The molecule has 0 unspecified atom stereocenters. The maximum atomic E-state index is 12.7. The van der Waals surface area contributed by atoms with Crippen molar-refractivity contribution in [3.63, 3.8) is 0 Å². The largest absolute Gasteiger partial charge is 0.427 e. The summed E-state index contributed by atoms with van der Waals surface area (Å²) in [5.74, 6) is 0.279. The molecule has 0 aromatic heterocycles. The Morgan fingerprint density at radius 2 is 1.90 bits per heavy atom. The highest BCUT2D eigenvalue weighted by Gasteiger charge is 2.41. The van der Waals surface area contributed by atoms with Crippen molar-refractivity contribution >= 4 is 15.8 Å². The summed E-state index contributed by atoms with van der Waals surface area (Å²) in [6, 6.07) is 4.92. The zero-order valence-corrected chi connectivity index (χ0v) is 14.0. The fourth-order valence-corrected chi connectivity index (χ4v) is 5.34. The smallest absolute Gasteiger partial charge is 0.308 e. The standard InChI is InChI=1S/C16H22O4S/c1-10-11(2)16(4,5)9-21(18,19)15-8-13(20-12(3)17)6-7-14(10)15/h6-8,10-11H,9H2,1-5H3/t10-,11+/m0/s1. The van der Waals surface area contributed by atoms with Crippen molar-refractivity contribution in [3.05, 3.63) is 23.8 Å². The highest BCUT2D eigenvalue weighted by Crippen LogP contribution is 2.45. The number of fused-ring (bicyclic) bond motifs is 1. The summed E-state index contributed by atoms with van der Waals surface area (Å²) in [7, 11) is -3.40. The predicted molar refractivity (Wildman–Crippen MR) is 81.2 cm³/mol. The van der Waals surface area contributed by atoms with Crippen LogP contribution in [0.25, 0.3) is 0 Å². The molecule has 1 aliphatic rings. The number of ether oxygens (including phenoxy) is 1. The van der Waals surface area contributed by atoms with Gasteiger partial charge in [0.25, 0.3) is 0 Å².